The van der Waals surface area contributed by atoms with Crippen LogP contribution in [0.5, 0.6) is 0 Å². The highest BCUT2D eigenvalue weighted by molar-refractivity contribution is 14.1. The van der Waals surface area contributed by atoms with E-state index in [9.17, 15) is 4.79 Å². The minimum absolute atomic E-state index is 0.235. The number of Topliss-reactive ketones (excluding diaryl/α,β-unsaturated/α-hetero) is 1. The van der Waals surface area contributed by atoms with Gasteiger partial charge in [0.2, 0.25) is 0 Å². The van der Waals surface area contributed by atoms with Gasteiger partial charge >= 0.3 is 0 Å². The van der Waals surface area contributed by atoms with Gasteiger partial charge in [0.15, 0.2) is 5.78 Å². The average molecular weight is 356 g/mol. The van der Waals surface area contributed by atoms with Crippen molar-refractivity contribution in [3.63, 3.8) is 0 Å². The first kappa shape index (κ1) is 14.0. The maximum Gasteiger partial charge on any atom is 0.167 e. The van der Waals surface area contributed by atoms with Crippen LogP contribution in [0.15, 0.2) is 18.2 Å². The molecule has 0 aliphatic heterocycles. The number of carbonyl (C=O) groups is 1. The lowest BCUT2D eigenvalue weighted by Crippen LogP contribution is -2.26. The zero-order chi connectivity index (χ0) is 13.3. The number of rotatable bonds is 2. The van der Waals surface area contributed by atoms with Crippen LogP contribution in [0.4, 0.5) is 0 Å². The second-order valence-corrected chi connectivity index (χ2v) is 6.99. The van der Waals surface area contributed by atoms with Crippen molar-refractivity contribution < 1.29 is 4.79 Å². The molecule has 1 aliphatic rings. The maximum absolute atomic E-state index is 12.7. The Bertz CT molecular complexity index is 442. The molecule has 0 radical (unpaired) electrons. The molecule has 1 aromatic carbocycles. The molecule has 18 heavy (non-hydrogen) atoms. The Kier molecular flexibility index (Phi) is 4.46. The normalized spacial score (nSPS) is 28.1. The van der Waals surface area contributed by atoms with Crippen molar-refractivity contribution >= 4 is 28.4 Å². The van der Waals surface area contributed by atoms with Gasteiger partial charge in [-0.2, -0.15) is 0 Å². The summed E-state index contributed by atoms with van der Waals surface area (Å²) in [6, 6.07) is 6.06. The van der Waals surface area contributed by atoms with Crippen LogP contribution in [0, 0.1) is 28.2 Å². The van der Waals surface area contributed by atoms with Crippen LogP contribution in [0.2, 0.25) is 0 Å². The third-order valence-corrected chi connectivity index (χ3v) is 5.44. The molecule has 0 heterocycles. The topological polar surface area (TPSA) is 17.1 Å². The molecule has 1 aliphatic carbocycles. The van der Waals surface area contributed by atoms with Gasteiger partial charge in [0.05, 0.1) is 0 Å². The third-order valence-electron chi connectivity index (χ3n) is 4.01. The van der Waals surface area contributed by atoms with E-state index in [4.69, 9.17) is 0 Å². The van der Waals surface area contributed by atoms with Crippen LogP contribution in [0.3, 0.4) is 0 Å². The molecule has 0 aromatic heterocycles. The lowest BCUT2D eigenvalue weighted by atomic mass is 9.74. The number of benzene rings is 1. The van der Waals surface area contributed by atoms with E-state index in [1.165, 1.54) is 12.0 Å². The van der Waals surface area contributed by atoms with Crippen molar-refractivity contribution in [3.8, 4) is 0 Å². The first-order valence-corrected chi connectivity index (χ1v) is 7.86. The Morgan fingerprint density at radius 3 is 2.39 bits per heavy atom. The van der Waals surface area contributed by atoms with Gasteiger partial charge in [-0.1, -0.05) is 32.0 Å². The molecule has 2 unspecified atom stereocenters. The summed E-state index contributed by atoms with van der Waals surface area (Å²) in [6.07, 6.45) is 3.40. The highest BCUT2D eigenvalue weighted by Crippen LogP contribution is 2.35. The molecule has 0 bridgehead atoms. The van der Waals surface area contributed by atoms with Gasteiger partial charge in [-0.3, -0.25) is 4.79 Å². The van der Waals surface area contributed by atoms with E-state index in [0.717, 1.165) is 22.0 Å². The number of aryl methyl sites for hydroxylation is 1. The molecule has 2 rings (SSSR count). The van der Waals surface area contributed by atoms with Crippen molar-refractivity contribution in [2.45, 2.75) is 40.0 Å². The van der Waals surface area contributed by atoms with Gasteiger partial charge in [-0.15, -0.1) is 0 Å². The molecule has 2 atom stereocenters. The third kappa shape index (κ3) is 2.95. The Balaban J connectivity index is 2.23. The molecule has 1 aromatic rings. The van der Waals surface area contributed by atoms with E-state index in [1.54, 1.807) is 0 Å². The minimum atomic E-state index is 0.235. The smallest absolute Gasteiger partial charge is 0.167 e. The highest BCUT2D eigenvalue weighted by Gasteiger charge is 2.30. The van der Waals surface area contributed by atoms with Gasteiger partial charge in [-0.25, -0.2) is 0 Å². The van der Waals surface area contributed by atoms with Gasteiger partial charge < -0.3 is 0 Å². The van der Waals surface area contributed by atoms with Crippen molar-refractivity contribution in [2.75, 3.05) is 0 Å². The Labute approximate surface area is 123 Å². The molecule has 98 valence electrons. The molecule has 0 amide bonds. The number of hydrogen-bond donors (Lipinski definition) is 0. The molecule has 1 fully saturated rings. The molecule has 2 heteroatoms. The van der Waals surface area contributed by atoms with Gasteiger partial charge in [-0.05, 0) is 66.2 Å². The molecule has 1 saturated carbocycles. The van der Waals surface area contributed by atoms with Crippen LogP contribution >= 0.6 is 22.6 Å². The largest absolute Gasteiger partial charge is 0.294 e. The number of carbonyl (C=O) groups excluding carboxylic acids is 1. The first-order chi connectivity index (χ1) is 8.49. The SMILES string of the molecule is Cc1cccc(C(=O)C2CC(C)CC(C)C2)c1I. The van der Waals surface area contributed by atoms with Gasteiger partial charge in [0.1, 0.15) is 0 Å². The standard InChI is InChI=1S/C16H21IO/c1-10-7-11(2)9-13(8-10)16(18)14-6-4-5-12(3)15(14)17/h4-6,10-11,13H,7-9H2,1-3H3. The lowest BCUT2D eigenvalue weighted by molar-refractivity contribution is 0.0835. The number of ketones is 1. The van der Waals surface area contributed by atoms with Crippen molar-refractivity contribution in [1.29, 1.82) is 0 Å². The van der Waals surface area contributed by atoms with Crippen molar-refractivity contribution in [1.82, 2.24) is 0 Å². The van der Waals surface area contributed by atoms with E-state index in [1.807, 2.05) is 12.1 Å². The van der Waals surface area contributed by atoms with Crippen LogP contribution < -0.4 is 0 Å². The second kappa shape index (κ2) is 5.72. The van der Waals surface area contributed by atoms with Crippen LogP contribution in [0.25, 0.3) is 0 Å². The van der Waals surface area contributed by atoms with E-state index >= 15 is 0 Å². The molecular weight excluding hydrogens is 335 g/mol. The van der Waals surface area contributed by atoms with Crippen LogP contribution in [-0.2, 0) is 0 Å². The van der Waals surface area contributed by atoms with Crippen LogP contribution in [-0.4, -0.2) is 5.78 Å². The first-order valence-electron chi connectivity index (χ1n) is 6.78. The predicted molar refractivity (Wildman–Crippen MR) is 83.9 cm³/mol. The Morgan fingerprint density at radius 1 is 1.17 bits per heavy atom. The summed E-state index contributed by atoms with van der Waals surface area (Å²) in [6.45, 7) is 6.62. The predicted octanol–water partition coefficient (Wildman–Crippen LogP) is 4.85. The molecular formula is C16H21IO. The van der Waals surface area contributed by atoms with Gasteiger partial charge in [0, 0.05) is 15.1 Å². The highest BCUT2D eigenvalue weighted by atomic mass is 127. The zero-order valence-corrected chi connectivity index (χ0v) is 13.5. The molecule has 0 N–H and O–H groups in total. The summed E-state index contributed by atoms with van der Waals surface area (Å²) in [5.74, 6) is 1.97. The number of hydrogen-bond acceptors (Lipinski definition) is 1. The summed E-state index contributed by atoms with van der Waals surface area (Å²) >= 11 is 2.31. The van der Waals surface area contributed by atoms with Crippen LogP contribution in [0.1, 0.15) is 49.0 Å². The van der Waals surface area contributed by atoms with Gasteiger partial charge in [0.25, 0.3) is 0 Å². The van der Waals surface area contributed by atoms with E-state index < -0.39 is 0 Å². The van der Waals surface area contributed by atoms with E-state index in [2.05, 4.69) is 49.4 Å². The zero-order valence-electron chi connectivity index (χ0n) is 11.4. The second-order valence-electron chi connectivity index (χ2n) is 5.92. The van der Waals surface area contributed by atoms with Crippen molar-refractivity contribution in [2.24, 2.45) is 17.8 Å². The summed E-state index contributed by atoms with van der Waals surface area (Å²) in [4.78, 5) is 12.7. The molecule has 1 nitrogen and oxygen atoms in total. The number of halogens is 1. The van der Waals surface area contributed by atoms with E-state index in [-0.39, 0.29) is 5.92 Å². The summed E-state index contributed by atoms with van der Waals surface area (Å²) < 4.78 is 1.13. The summed E-state index contributed by atoms with van der Waals surface area (Å²) in [7, 11) is 0. The minimum Gasteiger partial charge on any atom is -0.294 e. The fraction of sp³-hybridized carbons (Fsp3) is 0.562. The lowest BCUT2D eigenvalue weighted by Gasteiger charge is -2.30. The van der Waals surface area contributed by atoms with E-state index in [0.29, 0.717) is 17.6 Å². The van der Waals surface area contributed by atoms with Crippen molar-refractivity contribution in [3.05, 3.63) is 32.9 Å². The fourth-order valence-electron chi connectivity index (χ4n) is 3.22. The summed E-state index contributed by atoms with van der Waals surface area (Å²) in [5, 5.41) is 0. The molecule has 0 saturated heterocycles. The quantitative estimate of drug-likeness (QED) is 0.547. The Morgan fingerprint density at radius 2 is 1.78 bits per heavy atom. The maximum atomic E-state index is 12.7. The average Bonchev–Trinajstić information content (AvgIpc) is 2.30. The monoisotopic (exact) mass is 356 g/mol. The molecule has 0 spiro atoms. The summed E-state index contributed by atoms with van der Waals surface area (Å²) in [5.41, 5.74) is 2.14. The Hall–Kier alpha value is -0.380. The fourth-order valence-corrected chi connectivity index (χ4v) is 3.84.